The van der Waals surface area contributed by atoms with Crippen LogP contribution in [0, 0.1) is 0 Å². The number of rotatable bonds is 13. The molecule has 1 saturated carbocycles. The standard InChI is InChI=1S/C26H43N7O10/c1-13(27-25(40)14(2)42-22-20(28-15(3)35)26(41)43-18(12-34)21(22)38)24(39)29-17(10-11-19(36)37)23-30-32-33(31-23)16-8-6-4-5-7-9-16/h13-14,16-18,20-22,26,34,38,41H,4-12H2,1-3H3,(H,27,40)(H,28,35)(H,29,39)(H,36,37)/t13-,14+,17+,18+,20+,21+,22+,26-/m0/s1. The number of nitrogens with one attached hydrogen (secondary N) is 3. The number of nitrogens with zero attached hydrogens (tertiary/aromatic N) is 4. The van der Waals surface area contributed by atoms with Crippen LogP contribution in [0.15, 0.2) is 0 Å². The lowest BCUT2D eigenvalue weighted by Gasteiger charge is -2.43. The first-order chi connectivity index (χ1) is 20.4. The van der Waals surface area contributed by atoms with Crippen LogP contribution in [-0.2, 0) is 28.7 Å². The van der Waals surface area contributed by atoms with Crippen LogP contribution >= 0.6 is 0 Å². The summed E-state index contributed by atoms with van der Waals surface area (Å²) in [5.74, 6) is -2.84. The van der Waals surface area contributed by atoms with E-state index in [0.29, 0.717) is 0 Å². The first-order valence-electron chi connectivity index (χ1n) is 14.6. The number of aliphatic carboxylic acids is 1. The highest BCUT2D eigenvalue weighted by Gasteiger charge is 2.47. The molecule has 1 aliphatic carbocycles. The number of aliphatic hydroxyl groups is 3. The molecule has 1 aromatic heterocycles. The third-order valence-electron chi connectivity index (χ3n) is 7.60. The highest BCUT2D eigenvalue weighted by Crippen LogP contribution is 2.27. The molecule has 0 spiro atoms. The van der Waals surface area contributed by atoms with Gasteiger partial charge in [0.15, 0.2) is 12.1 Å². The van der Waals surface area contributed by atoms with E-state index in [9.17, 15) is 39.6 Å². The Kier molecular flexibility index (Phi) is 12.7. The summed E-state index contributed by atoms with van der Waals surface area (Å²) in [5, 5.41) is 59.9. The molecule has 1 saturated heterocycles. The van der Waals surface area contributed by atoms with Gasteiger partial charge in [-0.05, 0) is 38.3 Å². The molecule has 2 aliphatic rings. The van der Waals surface area contributed by atoms with Gasteiger partial charge in [-0.2, -0.15) is 4.80 Å². The first kappa shape index (κ1) is 34.2. The summed E-state index contributed by atoms with van der Waals surface area (Å²) in [7, 11) is 0. The Labute approximate surface area is 248 Å². The van der Waals surface area contributed by atoms with Crippen LogP contribution in [0.2, 0.25) is 0 Å². The molecule has 0 radical (unpaired) electrons. The fourth-order valence-corrected chi connectivity index (χ4v) is 5.18. The topological polar surface area (TPSA) is 247 Å². The highest BCUT2D eigenvalue weighted by atomic mass is 16.6. The van der Waals surface area contributed by atoms with Gasteiger partial charge in [-0.15, -0.1) is 10.2 Å². The summed E-state index contributed by atoms with van der Waals surface area (Å²) in [6.45, 7) is 3.29. The average molecular weight is 614 g/mol. The van der Waals surface area contributed by atoms with Crippen LogP contribution in [0.25, 0.3) is 0 Å². The molecule has 0 aromatic carbocycles. The zero-order valence-electron chi connectivity index (χ0n) is 24.6. The van der Waals surface area contributed by atoms with E-state index in [-0.39, 0.29) is 24.7 Å². The number of carboxylic acid groups (broad SMARTS) is 1. The van der Waals surface area contributed by atoms with E-state index in [2.05, 4.69) is 31.4 Å². The maximum absolute atomic E-state index is 13.1. The third kappa shape index (κ3) is 9.62. The molecule has 0 unspecified atom stereocenters. The van der Waals surface area contributed by atoms with Crippen molar-refractivity contribution in [2.24, 2.45) is 0 Å². The minimum atomic E-state index is -1.63. The number of hydrogen-bond acceptors (Lipinski definition) is 12. The van der Waals surface area contributed by atoms with Crippen molar-refractivity contribution in [1.82, 2.24) is 36.2 Å². The monoisotopic (exact) mass is 613 g/mol. The van der Waals surface area contributed by atoms with Crippen LogP contribution in [0.3, 0.4) is 0 Å². The zero-order chi connectivity index (χ0) is 31.7. The molecule has 1 aromatic rings. The number of aromatic nitrogens is 4. The minimum absolute atomic E-state index is 0.00184. The van der Waals surface area contributed by atoms with Gasteiger partial charge in [-0.3, -0.25) is 19.2 Å². The Morgan fingerprint density at radius 3 is 2.35 bits per heavy atom. The number of carboxylic acids is 1. The average Bonchev–Trinajstić information content (AvgIpc) is 3.28. The number of carbonyl (C=O) groups excluding carboxylic acids is 3. The predicted molar refractivity (Wildman–Crippen MR) is 146 cm³/mol. The van der Waals surface area contributed by atoms with Crippen molar-refractivity contribution in [3.8, 4) is 0 Å². The van der Waals surface area contributed by atoms with E-state index in [1.54, 1.807) is 0 Å². The molecule has 7 N–H and O–H groups in total. The lowest BCUT2D eigenvalue weighted by Crippen LogP contribution is -2.65. The molecular weight excluding hydrogens is 570 g/mol. The van der Waals surface area contributed by atoms with Crippen molar-refractivity contribution in [2.45, 2.75) is 127 Å². The molecule has 2 fully saturated rings. The van der Waals surface area contributed by atoms with Crippen molar-refractivity contribution in [2.75, 3.05) is 6.61 Å². The Balaban J connectivity index is 1.64. The number of tetrazole rings is 1. The number of ether oxygens (including phenoxy) is 2. The van der Waals surface area contributed by atoms with Crippen LogP contribution in [0.1, 0.15) is 90.0 Å². The number of amides is 3. The molecule has 2 heterocycles. The van der Waals surface area contributed by atoms with Crippen LogP contribution in [-0.4, -0.2) is 114 Å². The summed E-state index contributed by atoms with van der Waals surface area (Å²) < 4.78 is 10.8. The summed E-state index contributed by atoms with van der Waals surface area (Å²) in [6, 6.07) is -3.15. The SMILES string of the molecule is CC(=O)N[C@@H]1[C@@H](O[C@H](C)C(=O)N[C@@H](C)C(=O)N[C@H](CCC(=O)O)c2nnn(C3CCCCCC3)n2)[C@H](O)[C@@H](CO)O[C@@H]1O. The summed E-state index contributed by atoms with van der Waals surface area (Å²) in [5.41, 5.74) is 0. The van der Waals surface area contributed by atoms with E-state index in [4.69, 9.17) is 9.47 Å². The quantitative estimate of drug-likeness (QED) is 0.125. The maximum Gasteiger partial charge on any atom is 0.303 e. The summed E-state index contributed by atoms with van der Waals surface area (Å²) in [4.78, 5) is 50.4. The van der Waals surface area contributed by atoms with Gasteiger partial charge in [0, 0.05) is 13.3 Å². The molecule has 43 heavy (non-hydrogen) atoms. The van der Waals surface area contributed by atoms with Crippen LogP contribution in [0.4, 0.5) is 0 Å². The maximum atomic E-state index is 13.1. The minimum Gasteiger partial charge on any atom is -0.481 e. The van der Waals surface area contributed by atoms with Crippen LogP contribution in [0.5, 0.6) is 0 Å². The number of aliphatic hydroxyl groups excluding tert-OH is 3. The molecule has 0 bridgehead atoms. The van der Waals surface area contributed by atoms with Gasteiger partial charge in [-0.1, -0.05) is 25.7 Å². The lowest BCUT2D eigenvalue weighted by molar-refractivity contribution is -0.266. The largest absolute Gasteiger partial charge is 0.481 e. The smallest absolute Gasteiger partial charge is 0.303 e. The van der Waals surface area contributed by atoms with Gasteiger partial charge in [0.2, 0.25) is 17.7 Å². The van der Waals surface area contributed by atoms with Crippen molar-refractivity contribution < 1.29 is 49.1 Å². The third-order valence-corrected chi connectivity index (χ3v) is 7.60. The van der Waals surface area contributed by atoms with Gasteiger partial charge in [0.1, 0.15) is 36.5 Å². The second kappa shape index (κ2) is 16.0. The fourth-order valence-electron chi connectivity index (χ4n) is 5.18. The Morgan fingerprint density at radius 2 is 1.74 bits per heavy atom. The van der Waals surface area contributed by atoms with Gasteiger partial charge < -0.3 is 45.9 Å². The number of hydrogen-bond donors (Lipinski definition) is 7. The molecule has 17 nitrogen and oxygen atoms in total. The van der Waals surface area contributed by atoms with E-state index in [1.807, 2.05) is 0 Å². The molecular formula is C26H43N7O10. The van der Waals surface area contributed by atoms with Crippen molar-refractivity contribution in [3.05, 3.63) is 5.82 Å². The molecule has 242 valence electrons. The van der Waals surface area contributed by atoms with Gasteiger partial charge in [0.05, 0.1) is 18.7 Å². The van der Waals surface area contributed by atoms with Crippen LogP contribution < -0.4 is 16.0 Å². The molecule has 1 aliphatic heterocycles. The highest BCUT2D eigenvalue weighted by molar-refractivity contribution is 5.89. The zero-order valence-corrected chi connectivity index (χ0v) is 24.6. The molecule has 3 rings (SSSR count). The second-order valence-electron chi connectivity index (χ2n) is 11.0. The van der Waals surface area contributed by atoms with Crippen molar-refractivity contribution in [3.63, 3.8) is 0 Å². The Morgan fingerprint density at radius 1 is 1.07 bits per heavy atom. The van der Waals surface area contributed by atoms with Gasteiger partial charge in [0.25, 0.3) is 0 Å². The van der Waals surface area contributed by atoms with Gasteiger partial charge in [-0.25, -0.2) is 0 Å². The lowest BCUT2D eigenvalue weighted by atomic mass is 9.96. The Bertz CT molecular complexity index is 1100. The first-order valence-corrected chi connectivity index (χ1v) is 14.6. The van der Waals surface area contributed by atoms with E-state index in [1.165, 1.54) is 25.6 Å². The summed E-state index contributed by atoms with van der Waals surface area (Å²) in [6.07, 6.45) is -1.08. The second-order valence-corrected chi connectivity index (χ2v) is 11.0. The Hall–Kier alpha value is -3.25. The van der Waals surface area contributed by atoms with E-state index in [0.717, 1.165) is 38.5 Å². The number of carbonyl (C=O) groups is 4. The normalized spacial score (nSPS) is 26.9. The summed E-state index contributed by atoms with van der Waals surface area (Å²) >= 11 is 0. The van der Waals surface area contributed by atoms with E-state index < -0.39 is 79.1 Å². The molecule has 3 amide bonds. The predicted octanol–water partition coefficient (Wildman–Crippen LogP) is -1.56. The van der Waals surface area contributed by atoms with Crippen molar-refractivity contribution in [1.29, 1.82) is 0 Å². The fraction of sp³-hybridized carbons (Fsp3) is 0.808. The van der Waals surface area contributed by atoms with Crippen molar-refractivity contribution >= 4 is 23.7 Å². The molecule has 8 atom stereocenters. The molecule has 17 heteroatoms. The van der Waals surface area contributed by atoms with E-state index >= 15 is 0 Å². The van der Waals surface area contributed by atoms with Gasteiger partial charge >= 0.3 is 5.97 Å².